The number of furan rings is 1. The number of aromatic nitrogens is 1. The number of thiazole rings is 1. The van der Waals surface area contributed by atoms with Crippen LogP contribution in [-0.4, -0.2) is 66.9 Å². The molecule has 1 fully saturated rings. The molecule has 162 valence electrons. The second-order valence-corrected chi connectivity index (χ2v) is 8.21. The lowest BCUT2D eigenvalue weighted by Crippen LogP contribution is -2.47. The highest BCUT2D eigenvalue weighted by Gasteiger charge is 2.22. The third-order valence-corrected chi connectivity index (χ3v) is 6.04. The van der Waals surface area contributed by atoms with Gasteiger partial charge in [0.15, 0.2) is 10.8 Å². The molecule has 1 aliphatic heterocycles. The Labute approximate surface area is 184 Å². The summed E-state index contributed by atoms with van der Waals surface area (Å²) in [5.74, 6) is 0.888. The molecular weight excluding hydrogens is 416 g/mol. The predicted octanol–water partition coefficient (Wildman–Crippen LogP) is 2.98. The van der Waals surface area contributed by atoms with Crippen LogP contribution in [0, 0.1) is 0 Å². The van der Waals surface area contributed by atoms with Crippen LogP contribution in [0.1, 0.15) is 16.1 Å². The van der Waals surface area contributed by atoms with Crippen LogP contribution in [0.4, 0.5) is 5.69 Å². The fraction of sp³-hybridized carbons (Fsp3) is 0.318. The van der Waals surface area contributed by atoms with E-state index in [0.717, 1.165) is 18.1 Å². The largest absolute Gasteiger partial charge is 0.495 e. The van der Waals surface area contributed by atoms with E-state index in [9.17, 15) is 9.59 Å². The molecule has 2 amide bonds. The number of methoxy groups -OCH3 is 1. The van der Waals surface area contributed by atoms with Crippen LogP contribution in [0.2, 0.25) is 0 Å². The van der Waals surface area contributed by atoms with Crippen LogP contribution >= 0.6 is 11.3 Å². The van der Waals surface area contributed by atoms with Gasteiger partial charge in [-0.3, -0.25) is 9.59 Å². The molecule has 0 aliphatic carbocycles. The fourth-order valence-electron chi connectivity index (χ4n) is 3.39. The highest BCUT2D eigenvalue weighted by molar-refractivity contribution is 7.13. The number of nitrogens with one attached hydrogen (secondary N) is 1. The third kappa shape index (κ3) is 4.95. The molecule has 1 saturated heterocycles. The number of carbonyl (C=O) groups excluding carboxylic acids is 2. The first-order chi connectivity index (χ1) is 15.0. The summed E-state index contributed by atoms with van der Waals surface area (Å²) < 4.78 is 10.7. The van der Waals surface area contributed by atoms with Crippen molar-refractivity contribution >= 4 is 28.8 Å². The lowest BCUT2D eigenvalue weighted by atomic mass is 10.1. The van der Waals surface area contributed by atoms with E-state index in [0.29, 0.717) is 41.5 Å². The molecule has 1 N–H and O–H groups in total. The lowest BCUT2D eigenvalue weighted by molar-refractivity contribution is -0.115. The average Bonchev–Trinajstić information content (AvgIpc) is 3.46. The van der Waals surface area contributed by atoms with Crippen LogP contribution in [0.3, 0.4) is 0 Å². The van der Waals surface area contributed by atoms with Crippen LogP contribution in [0.25, 0.3) is 10.8 Å². The van der Waals surface area contributed by atoms with Crippen molar-refractivity contribution in [3.05, 3.63) is 53.2 Å². The zero-order valence-corrected chi connectivity index (χ0v) is 18.3. The van der Waals surface area contributed by atoms with Gasteiger partial charge >= 0.3 is 0 Å². The molecule has 0 atom stereocenters. The van der Waals surface area contributed by atoms with Gasteiger partial charge in [0.2, 0.25) is 5.91 Å². The van der Waals surface area contributed by atoms with Gasteiger partial charge in [0.25, 0.3) is 5.91 Å². The minimum Gasteiger partial charge on any atom is -0.495 e. The average molecular weight is 441 g/mol. The number of rotatable bonds is 6. The van der Waals surface area contributed by atoms with Crippen molar-refractivity contribution in [2.75, 3.05) is 45.7 Å². The van der Waals surface area contributed by atoms with Crippen molar-refractivity contribution in [2.45, 2.75) is 6.42 Å². The molecule has 4 rings (SSSR count). The predicted molar refractivity (Wildman–Crippen MR) is 119 cm³/mol. The number of nitrogens with zero attached hydrogens (tertiary/aromatic N) is 3. The molecule has 0 unspecified atom stereocenters. The third-order valence-electron chi connectivity index (χ3n) is 5.14. The van der Waals surface area contributed by atoms with Crippen molar-refractivity contribution in [1.82, 2.24) is 14.8 Å². The summed E-state index contributed by atoms with van der Waals surface area (Å²) >= 11 is 1.42. The van der Waals surface area contributed by atoms with E-state index in [2.05, 4.69) is 15.2 Å². The zero-order chi connectivity index (χ0) is 21.8. The van der Waals surface area contributed by atoms with Gasteiger partial charge < -0.3 is 24.3 Å². The second kappa shape index (κ2) is 9.32. The van der Waals surface area contributed by atoms with Crippen LogP contribution in [0.5, 0.6) is 5.75 Å². The SMILES string of the molecule is COc1ccc(C(=O)N2CCN(C)CC2)cc1NC(=O)Cc1csc(-c2ccco2)n1. The minimum absolute atomic E-state index is 0.0474. The summed E-state index contributed by atoms with van der Waals surface area (Å²) in [5, 5.41) is 5.42. The molecule has 1 aliphatic rings. The molecule has 0 saturated carbocycles. The molecule has 3 aromatic rings. The Morgan fingerprint density at radius 2 is 2.03 bits per heavy atom. The number of piperazine rings is 1. The van der Waals surface area contributed by atoms with E-state index in [1.807, 2.05) is 23.4 Å². The monoisotopic (exact) mass is 440 g/mol. The molecule has 0 bridgehead atoms. The lowest BCUT2D eigenvalue weighted by Gasteiger charge is -2.32. The second-order valence-electron chi connectivity index (χ2n) is 7.36. The van der Waals surface area contributed by atoms with Gasteiger partial charge in [-0.05, 0) is 37.4 Å². The number of amides is 2. The van der Waals surface area contributed by atoms with Gasteiger partial charge in [-0.2, -0.15) is 0 Å². The van der Waals surface area contributed by atoms with E-state index < -0.39 is 0 Å². The first-order valence-electron chi connectivity index (χ1n) is 9.97. The molecule has 8 nitrogen and oxygen atoms in total. The van der Waals surface area contributed by atoms with E-state index >= 15 is 0 Å². The number of carbonyl (C=O) groups is 2. The smallest absolute Gasteiger partial charge is 0.254 e. The molecule has 1 aromatic carbocycles. The molecular formula is C22H24N4O4S. The Hall–Kier alpha value is -3.17. The highest BCUT2D eigenvalue weighted by Crippen LogP contribution is 2.27. The fourth-order valence-corrected chi connectivity index (χ4v) is 4.18. The van der Waals surface area contributed by atoms with Gasteiger partial charge in [-0.1, -0.05) is 0 Å². The molecule has 31 heavy (non-hydrogen) atoms. The molecule has 0 spiro atoms. The quantitative estimate of drug-likeness (QED) is 0.634. The maximum Gasteiger partial charge on any atom is 0.254 e. The molecule has 2 aromatic heterocycles. The maximum atomic E-state index is 12.9. The van der Waals surface area contributed by atoms with Crippen LogP contribution in [-0.2, 0) is 11.2 Å². The molecule has 0 radical (unpaired) electrons. The standard InChI is InChI=1S/C22H24N4O4S/c1-25-7-9-26(10-8-25)22(28)15-5-6-18(29-2)17(12-15)24-20(27)13-16-14-31-21(23-16)19-4-3-11-30-19/h3-6,11-12,14H,7-10,13H2,1-2H3,(H,24,27). The van der Waals surface area contributed by atoms with E-state index in [1.54, 1.807) is 30.5 Å². The number of likely N-dealkylation sites (N-methyl/N-ethyl adjacent to an activating group) is 1. The highest BCUT2D eigenvalue weighted by atomic mass is 32.1. The summed E-state index contributed by atoms with van der Waals surface area (Å²) in [6, 6.07) is 8.73. The number of ether oxygens (including phenoxy) is 1. The van der Waals surface area contributed by atoms with Crippen molar-refractivity contribution in [3.63, 3.8) is 0 Å². The van der Waals surface area contributed by atoms with Crippen LogP contribution < -0.4 is 10.1 Å². The normalized spacial score (nSPS) is 14.5. The van der Waals surface area contributed by atoms with Gasteiger partial charge in [-0.25, -0.2) is 4.98 Å². The number of benzene rings is 1. The van der Waals surface area contributed by atoms with E-state index in [1.165, 1.54) is 18.4 Å². The summed E-state index contributed by atoms with van der Waals surface area (Å²) in [6.07, 6.45) is 1.70. The van der Waals surface area contributed by atoms with Gasteiger partial charge in [0, 0.05) is 37.1 Å². The minimum atomic E-state index is -0.237. The van der Waals surface area contributed by atoms with Crippen molar-refractivity contribution in [3.8, 4) is 16.5 Å². The van der Waals surface area contributed by atoms with Crippen molar-refractivity contribution in [1.29, 1.82) is 0 Å². The van der Waals surface area contributed by atoms with Gasteiger partial charge in [-0.15, -0.1) is 11.3 Å². The number of hydrogen-bond donors (Lipinski definition) is 1. The summed E-state index contributed by atoms with van der Waals surface area (Å²) in [5.41, 5.74) is 1.64. The first-order valence-corrected chi connectivity index (χ1v) is 10.9. The Morgan fingerprint density at radius 3 is 2.74 bits per heavy atom. The summed E-state index contributed by atoms with van der Waals surface area (Å²) in [6.45, 7) is 3.06. The topological polar surface area (TPSA) is 87.9 Å². The van der Waals surface area contributed by atoms with Crippen LogP contribution in [0.15, 0.2) is 46.4 Å². The molecule has 3 heterocycles. The number of anilines is 1. The summed E-state index contributed by atoms with van der Waals surface area (Å²) in [7, 11) is 3.58. The Kier molecular flexibility index (Phi) is 6.34. The van der Waals surface area contributed by atoms with Gasteiger partial charge in [0.1, 0.15) is 5.75 Å². The van der Waals surface area contributed by atoms with Crippen molar-refractivity contribution in [2.24, 2.45) is 0 Å². The zero-order valence-electron chi connectivity index (χ0n) is 17.5. The Bertz CT molecular complexity index is 1060. The van der Waals surface area contributed by atoms with Gasteiger partial charge in [0.05, 0.1) is 31.2 Å². The maximum absolute atomic E-state index is 12.9. The summed E-state index contributed by atoms with van der Waals surface area (Å²) in [4.78, 5) is 34.0. The van der Waals surface area contributed by atoms with Crippen molar-refractivity contribution < 1.29 is 18.7 Å². The Morgan fingerprint density at radius 1 is 1.23 bits per heavy atom. The molecule has 9 heteroatoms. The first kappa shape index (κ1) is 21.1. The van der Waals surface area contributed by atoms with E-state index in [-0.39, 0.29) is 18.2 Å². The Balaban J connectivity index is 1.45. The van der Waals surface area contributed by atoms with E-state index in [4.69, 9.17) is 9.15 Å². The number of hydrogen-bond acceptors (Lipinski definition) is 7.